The van der Waals surface area contributed by atoms with Crippen LogP contribution in [0.5, 0.6) is 5.75 Å². The van der Waals surface area contributed by atoms with Gasteiger partial charge in [-0.25, -0.2) is 8.42 Å². The van der Waals surface area contributed by atoms with E-state index in [0.717, 1.165) is 0 Å². The third-order valence-electron chi connectivity index (χ3n) is 3.90. The molecule has 0 saturated carbocycles. The fraction of sp³-hybridized carbons (Fsp3) is 0.190. The van der Waals surface area contributed by atoms with Gasteiger partial charge in [-0.3, -0.25) is 9.10 Å². The minimum absolute atomic E-state index is 0.0618. The Kier molecular flexibility index (Phi) is 7.40. The number of benzene rings is 2. The van der Waals surface area contributed by atoms with Gasteiger partial charge < -0.3 is 10.1 Å². The first kappa shape index (κ1) is 21.2. The highest BCUT2D eigenvalue weighted by atomic mass is 32.2. The number of sulfonamides is 1. The van der Waals surface area contributed by atoms with E-state index in [-0.39, 0.29) is 23.0 Å². The van der Waals surface area contributed by atoms with Gasteiger partial charge in [0, 0.05) is 12.6 Å². The third kappa shape index (κ3) is 5.01. The molecular formula is C21H24N2O4S. The van der Waals surface area contributed by atoms with E-state index in [1.54, 1.807) is 49.4 Å². The molecule has 0 heterocycles. The summed E-state index contributed by atoms with van der Waals surface area (Å²) in [5.74, 6) is -0.0177. The number of nitrogens with one attached hydrogen (secondary N) is 1. The van der Waals surface area contributed by atoms with E-state index in [4.69, 9.17) is 4.74 Å². The number of rotatable bonds is 8. The van der Waals surface area contributed by atoms with Crippen LogP contribution in [-0.4, -0.2) is 28.0 Å². The standard InChI is InChI=1S/C21H24N2O4S/c1-4-6-8-13-21(24)22-19-16-18(14-15-20(19)27-3)28(25,26)23(5-2)17-11-9-7-10-12-17/h4,6-16H,5H2,1-3H3,(H,22,24). The lowest BCUT2D eigenvalue weighted by Crippen LogP contribution is -2.30. The van der Waals surface area contributed by atoms with E-state index in [1.165, 1.54) is 35.7 Å². The quantitative estimate of drug-likeness (QED) is 0.537. The summed E-state index contributed by atoms with van der Waals surface area (Å²) in [4.78, 5) is 12.1. The molecule has 7 heteroatoms. The zero-order valence-corrected chi connectivity index (χ0v) is 16.9. The number of methoxy groups -OCH3 is 1. The molecule has 2 aromatic carbocycles. The average Bonchev–Trinajstić information content (AvgIpc) is 2.69. The Labute approximate surface area is 166 Å². The number of hydrogen-bond donors (Lipinski definition) is 1. The van der Waals surface area contributed by atoms with Crippen LogP contribution in [0.4, 0.5) is 11.4 Å². The number of anilines is 2. The molecule has 6 nitrogen and oxygen atoms in total. The highest BCUT2D eigenvalue weighted by Gasteiger charge is 2.24. The van der Waals surface area contributed by atoms with Gasteiger partial charge in [0.05, 0.1) is 23.4 Å². The molecule has 2 rings (SSSR count). The number of carbonyl (C=O) groups is 1. The van der Waals surface area contributed by atoms with E-state index in [0.29, 0.717) is 11.4 Å². The lowest BCUT2D eigenvalue weighted by molar-refractivity contribution is -0.111. The number of allylic oxidation sites excluding steroid dienone is 3. The van der Waals surface area contributed by atoms with Crippen molar-refractivity contribution in [3.63, 3.8) is 0 Å². The smallest absolute Gasteiger partial charge is 0.264 e. The maximum Gasteiger partial charge on any atom is 0.264 e. The largest absolute Gasteiger partial charge is 0.495 e. The van der Waals surface area contributed by atoms with Crippen LogP contribution in [0, 0.1) is 0 Å². The Hall–Kier alpha value is -3.06. The fourth-order valence-electron chi connectivity index (χ4n) is 2.59. The number of nitrogens with zero attached hydrogens (tertiary/aromatic N) is 1. The summed E-state index contributed by atoms with van der Waals surface area (Å²) >= 11 is 0. The van der Waals surface area contributed by atoms with Crippen LogP contribution in [0.25, 0.3) is 0 Å². The first-order chi connectivity index (χ1) is 13.4. The molecule has 0 fully saturated rings. The molecule has 0 bridgehead atoms. The molecule has 1 N–H and O–H groups in total. The summed E-state index contributed by atoms with van der Waals surface area (Å²) in [5.41, 5.74) is 0.850. The molecule has 28 heavy (non-hydrogen) atoms. The zero-order valence-electron chi connectivity index (χ0n) is 16.1. The lowest BCUT2D eigenvalue weighted by atomic mass is 10.3. The van der Waals surface area contributed by atoms with Gasteiger partial charge in [0.1, 0.15) is 5.75 Å². The summed E-state index contributed by atoms with van der Waals surface area (Å²) < 4.78 is 32.9. The third-order valence-corrected chi connectivity index (χ3v) is 5.80. The zero-order chi connectivity index (χ0) is 20.6. The predicted molar refractivity (Wildman–Crippen MR) is 112 cm³/mol. The van der Waals surface area contributed by atoms with Gasteiger partial charge >= 0.3 is 0 Å². The first-order valence-corrected chi connectivity index (χ1v) is 10.2. The SMILES string of the molecule is CC=CC=CC(=O)Nc1cc(S(=O)(=O)N(CC)c2ccccc2)ccc1OC. The second kappa shape index (κ2) is 9.75. The Morgan fingerprint density at radius 3 is 2.46 bits per heavy atom. The van der Waals surface area contributed by atoms with Gasteiger partial charge in [-0.2, -0.15) is 0 Å². The monoisotopic (exact) mass is 400 g/mol. The number of para-hydroxylation sites is 1. The molecule has 0 saturated heterocycles. The molecule has 0 aromatic heterocycles. The fourth-order valence-corrected chi connectivity index (χ4v) is 4.09. The number of ether oxygens (including phenoxy) is 1. The summed E-state index contributed by atoms with van der Waals surface area (Å²) in [5, 5.41) is 2.66. The van der Waals surface area contributed by atoms with Crippen LogP contribution in [0.1, 0.15) is 13.8 Å². The molecule has 1 amide bonds. The van der Waals surface area contributed by atoms with Crippen LogP contribution in [0.2, 0.25) is 0 Å². The van der Waals surface area contributed by atoms with Crippen molar-refractivity contribution in [3.05, 3.63) is 72.8 Å². The minimum Gasteiger partial charge on any atom is -0.495 e. The summed E-state index contributed by atoms with van der Waals surface area (Å²) in [6.07, 6.45) is 6.46. The van der Waals surface area contributed by atoms with Crippen molar-refractivity contribution < 1.29 is 17.9 Å². The van der Waals surface area contributed by atoms with Gasteiger partial charge in [-0.1, -0.05) is 36.4 Å². The molecular weight excluding hydrogens is 376 g/mol. The Balaban J connectivity index is 2.41. The number of amides is 1. The van der Waals surface area contributed by atoms with Crippen molar-refractivity contribution in [3.8, 4) is 5.75 Å². The highest BCUT2D eigenvalue weighted by molar-refractivity contribution is 7.92. The second-order valence-corrected chi connectivity index (χ2v) is 7.60. The van der Waals surface area contributed by atoms with Crippen LogP contribution in [-0.2, 0) is 14.8 Å². The minimum atomic E-state index is -3.81. The normalized spacial score (nSPS) is 11.7. The van der Waals surface area contributed by atoms with Gasteiger partial charge in [0.25, 0.3) is 10.0 Å². The maximum absolute atomic E-state index is 13.2. The molecule has 0 aliphatic heterocycles. The van der Waals surface area contributed by atoms with Gasteiger partial charge in [-0.05, 0) is 44.2 Å². The Morgan fingerprint density at radius 2 is 1.86 bits per heavy atom. The molecule has 0 radical (unpaired) electrons. The maximum atomic E-state index is 13.2. The molecule has 148 valence electrons. The lowest BCUT2D eigenvalue weighted by Gasteiger charge is -2.23. The van der Waals surface area contributed by atoms with Crippen molar-refractivity contribution >= 4 is 27.3 Å². The average molecular weight is 401 g/mol. The van der Waals surface area contributed by atoms with Crippen molar-refractivity contribution in [2.45, 2.75) is 18.7 Å². The van der Waals surface area contributed by atoms with E-state index in [2.05, 4.69) is 5.32 Å². The topological polar surface area (TPSA) is 75.7 Å². The van der Waals surface area contributed by atoms with E-state index < -0.39 is 10.0 Å². The van der Waals surface area contributed by atoms with Crippen molar-refractivity contribution in [2.75, 3.05) is 23.3 Å². The number of hydrogen-bond acceptors (Lipinski definition) is 4. The van der Waals surface area contributed by atoms with Crippen molar-refractivity contribution in [1.82, 2.24) is 0 Å². The van der Waals surface area contributed by atoms with Crippen molar-refractivity contribution in [2.24, 2.45) is 0 Å². The van der Waals surface area contributed by atoms with Crippen LogP contribution < -0.4 is 14.4 Å². The summed E-state index contributed by atoms with van der Waals surface area (Å²) in [6.45, 7) is 3.88. The van der Waals surface area contributed by atoms with Crippen molar-refractivity contribution in [1.29, 1.82) is 0 Å². The highest BCUT2D eigenvalue weighted by Crippen LogP contribution is 2.30. The molecule has 2 aromatic rings. The van der Waals surface area contributed by atoms with E-state index >= 15 is 0 Å². The molecule has 0 spiro atoms. The van der Waals surface area contributed by atoms with E-state index in [1.807, 2.05) is 13.0 Å². The van der Waals surface area contributed by atoms with Crippen LogP contribution >= 0.6 is 0 Å². The molecule has 0 unspecified atom stereocenters. The van der Waals surface area contributed by atoms with Crippen LogP contribution in [0.15, 0.2) is 77.7 Å². The summed E-state index contributed by atoms with van der Waals surface area (Å²) in [6, 6.07) is 13.3. The molecule has 0 aliphatic carbocycles. The van der Waals surface area contributed by atoms with E-state index in [9.17, 15) is 13.2 Å². The molecule has 0 aliphatic rings. The molecule has 0 atom stereocenters. The number of carbonyl (C=O) groups excluding carboxylic acids is 1. The van der Waals surface area contributed by atoms with Gasteiger partial charge in [-0.15, -0.1) is 0 Å². The Bertz CT molecular complexity index is 967. The predicted octanol–water partition coefficient (Wildman–Crippen LogP) is 3.98. The van der Waals surface area contributed by atoms with Gasteiger partial charge in [0.2, 0.25) is 5.91 Å². The Morgan fingerprint density at radius 1 is 1.14 bits per heavy atom. The first-order valence-electron chi connectivity index (χ1n) is 8.80. The second-order valence-electron chi connectivity index (χ2n) is 5.74. The van der Waals surface area contributed by atoms with Crippen LogP contribution in [0.3, 0.4) is 0 Å². The van der Waals surface area contributed by atoms with Gasteiger partial charge in [0.15, 0.2) is 0 Å². The summed E-state index contributed by atoms with van der Waals surface area (Å²) in [7, 11) is -2.36.